The number of rotatable bonds is 5. The number of nitrogens with one attached hydrogen (secondary N) is 1. The fourth-order valence-electron chi connectivity index (χ4n) is 3.56. The van der Waals surface area contributed by atoms with Crippen LogP contribution >= 0.6 is 0 Å². The average molecular weight is 369 g/mol. The van der Waals surface area contributed by atoms with Gasteiger partial charge in [-0.1, -0.05) is 12.1 Å². The number of aromatic amines is 1. The standard InChI is InChI=1S/C18H20FN7O/c19-15-5-3-13(4-6-15)16-10-20-22-18(16)14-2-1-8-25(11-14)17(27)7-9-26-12-21-23-24-26/h3-6,10,12,14H,1-2,7-9,11H2,(H,20,22)/t14-/m0/s1. The molecule has 1 aliphatic heterocycles. The maximum atomic E-state index is 13.2. The van der Waals surface area contributed by atoms with Crippen LogP contribution in [0.3, 0.4) is 0 Å². The lowest BCUT2D eigenvalue weighted by Crippen LogP contribution is -2.39. The third-order valence-corrected chi connectivity index (χ3v) is 4.95. The van der Waals surface area contributed by atoms with Crippen LogP contribution in [0.5, 0.6) is 0 Å². The minimum atomic E-state index is -0.263. The van der Waals surface area contributed by atoms with E-state index in [1.807, 2.05) is 4.90 Å². The van der Waals surface area contributed by atoms with Crippen LogP contribution in [0.15, 0.2) is 36.8 Å². The molecule has 0 aliphatic carbocycles. The summed E-state index contributed by atoms with van der Waals surface area (Å²) in [5.41, 5.74) is 2.88. The Kier molecular flexibility index (Phi) is 4.91. The van der Waals surface area contributed by atoms with Gasteiger partial charge in [-0.15, -0.1) is 5.10 Å². The molecule has 1 N–H and O–H groups in total. The predicted octanol–water partition coefficient (Wildman–Crippen LogP) is 2.00. The van der Waals surface area contributed by atoms with Crippen molar-refractivity contribution < 1.29 is 9.18 Å². The molecule has 1 aliphatic rings. The van der Waals surface area contributed by atoms with Crippen molar-refractivity contribution in [2.75, 3.05) is 13.1 Å². The molecule has 2 aromatic heterocycles. The molecule has 8 nitrogen and oxygen atoms in total. The van der Waals surface area contributed by atoms with E-state index in [2.05, 4.69) is 25.7 Å². The molecule has 1 amide bonds. The second-order valence-corrected chi connectivity index (χ2v) is 6.71. The van der Waals surface area contributed by atoms with E-state index in [4.69, 9.17) is 0 Å². The SMILES string of the molecule is O=C(CCn1cnnn1)N1CCC[C@H](c2[nH]ncc2-c2ccc(F)cc2)C1. The molecule has 27 heavy (non-hydrogen) atoms. The van der Waals surface area contributed by atoms with Crippen LogP contribution in [-0.4, -0.2) is 54.3 Å². The van der Waals surface area contributed by atoms with Crippen molar-refractivity contribution in [3.8, 4) is 11.1 Å². The van der Waals surface area contributed by atoms with Gasteiger partial charge in [0, 0.05) is 36.7 Å². The number of hydrogen-bond donors (Lipinski definition) is 1. The molecule has 4 rings (SSSR count). The smallest absolute Gasteiger partial charge is 0.224 e. The summed E-state index contributed by atoms with van der Waals surface area (Å²) in [6, 6.07) is 6.40. The first-order chi connectivity index (χ1) is 13.2. The van der Waals surface area contributed by atoms with Crippen LogP contribution in [0.2, 0.25) is 0 Å². The number of amides is 1. The van der Waals surface area contributed by atoms with E-state index in [1.54, 1.807) is 23.0 Å². The zero-order chi connectivity index (χ0) is 18.6. The summed E-state index contributed by atoms with van der Waals surface area (Å²) in [5, 5.41) is 18.2. The highest BCUT2D eigenvalue weighted by Crippen LogP contribution is 2.33. The molecule has 0 spiro atoms. The van der Waals surface area contributed by atoms with Crippen LogP contribution in [0.1, 0.15) is 30.9 Å². The lowest BCUT2D eigenvalue weighted by atomic mass is 9.90. The Morgan fingerprint density at radius 2 is 2.15 bits per heavy atom. The number of aryl methyl sites for hydroxylation is 1. The minimum absolute atomic E-state index is 0.0954. The Bertz CT molecular complexity index is 891. The summed E-state index contributed by atoms with van der Waals surface area (Å²) in [4.78, 5) is 14.5. The first-order valence-corrected chi connectivity index (χ1v) is 8.98. The molecular formula is C18H20FN7O. The van der Waals surface area contributed by atoms with E-state index < -0.39 is 0 Å². The number of tetrazole rings is 1. The van der Waals surface area contributed by atoms with Gasteiger partial charge in [0.05, 0.1) is 12.7 Å². The second-order valence-electron chi connectivity index (χ2n) is 6.71. The fraction of sp³-hybridized carbons (Fsp3) is 0.389. The molecule has 1 aromatic carbocycles. The fourth-order valence-corrected chi connectivity index (χ4v) is 3.56. The van der Waals surface area contributed by atoms with Gasteiger partial charge in [-0.25, -0.2) is 9.07 Å². The van der Waals surface area contributed by atoms with Gasteiger partial charge >= 0.3 is 0 Å². The topological polar surface area (TPSA) is 92.6 Å². The highest BCUT2D eigenvalue weighted by molar-refractivity contribution is 5.76. The van der Waals surface area contributed by atoms with Crippen molar-refractivity contribution in [2.24, 2.45) is 0 Å². The second kappa shape index (κ2) is 7.65. The highest BCUT2D eigenvalue weighted by Gasteiger charge is 2.27. The van der Waals surface area contributed by atoms with Crippen LogP contribution in [0, 0.1) is 5.82 Å². The number of hydrogen-bond acceptors (Lipinski definition) is 5. The monoisotopic (exact) mass is 369 g/mol. The number of carbonyl (C=O) groups is 1. The van der Waals surface area contributed by atoms with Gasteiger partial charge in [0.2, 0.25) is 5.91 Å². The van der Waals surface area contributed by atoms with Gasteiger partial charge in [-0.05, 0) is 41.0 Å². The van der Waals surface area contributed by atoms with Crippen molar-refractivity contribution >= 4 is 5.91 Å². The Labute approximate surface area is 155 Å². The maximum Gasteiger partial charge on any atom is 0.224 e. The molecule has 3 heterocycles. The van der Waals surface area contributed by atoms with E-state index in [-0.39, 0.29) is 17.6 Å². The molecule has 0 saturated carbocycles. The number of nitrogens with zero attached hydrogens (tertiary/aromatic N) is 6. The van der Waals surface area contributed by atoms with Gasteiger partial charge in [0.25, 0.3) is 0 Å². The Morgan fingerprint density at radius 3 is 2.93 bits per heavy atom. The third-order valence-electron chi connectivity index (χ3n) is 4.95. The molecule has 140 valence electrons. The predicted molar refractivity (Wildman–Crippen MR) is 95.0 cm³/mol. The number of likely N-dealkylation sites (tertiary alicyclic amines) is 1. The number of benzene rings is 1. The normalized spacial score (nSPS) is 17.2. The molecule has 0 bridgehead atoms. The number of H-pyrrole nitrogens is 1. The molecule has 0 radical (unpaired) electrons. The van der Waals surface area contributed by atoms with Gasteiger partial charge in [0.1, 0.15) is 12.1 Å². The van der Waals surface area contributed by atoms with Crippen molar-refractivity contribution in [3.05, 3.63) is 48.3 Å². The van der Waals surface area contributed by atoms with Crippen LogP contribution < -0.4 is 0 Å². The Hall–Kier alpha value is -3.10. The molecule has 1 saturated heterocycles. The molecule has 1 fully saturated rings. The van der Waals surface area contributed by atoms with Crippen molar-refractivity contribution in [2.45, 2.75) is 31.7 Å². The summed E-state index contributed by atoms with van der Waals surface area (Å²) < 4.78 is 14.8. The maximum absolute atomic E-state index is 13.2. The summed E-state index contributed by atoms with van der Waals surface area (Å²) >= 11 is 0. The van der Waals surface area contributed by atoms with E-state index in [0.717, 1.165) is 36.2 Å². The number of halogens is 1. The Morgan fingerprint density at radius 1 is 1.30 bits per heavy atom. The molecule has 3 aromatic rings. The highest BCUT2D eigenvalue weighted by atomic mass is 19.1. The van der Waals surface area contributed by atoms with Crippen LogP contribution in [0.25, 0.3) is 11.1 Å². The van der Waals surface area contributed by atoms with Gasteiger partial charge in [-0.3, -0.25) is 9.89 Å². The first kappa shape index (κ1) is 17.3. The zero-order valence-electron chi connectivity index (χ0n) is 14.8. The molecular weight excluding hydrogens is 349 g/mol. The van der Waals surface area contributed by atoms with Crippen LogP contribution in [0.4, 0.5) is 4.39 Å². The van der Waals surface area contributed by atoms with E-state index >= 15 is 0 Å². The average Bonchev–Trinajstić information content (AvgIpc) is 3.39. The summed E-state index contributed by atoms with van der Waals surface area (Å²) in [7, 11) is 0. The van der Waals surface area contributed by atoms with Gasteiger partial charge in [-0.2, -0.15) is 5.10 Å². The van der Waals surface area contributed by atoms with E-state index in [0.29, 0.717) is 19.5 Å². The first-order valence-electron chi connectivity index (χ1n) is 8.98. The van der Waals surface area contributed by atoms with Crippen LogP contribution in [-0.2, 0) is 11.3 Å². The lowest BCUT2D eigenvalue weighted by molar-refractivity contribution is -0.132. The van der Waals surface area contributed by atoms with Gasteiger partial charge in [0.15, 0.2) is 0 Å². The van der Waals surface area contributed by atoms with Crippen molar-refractivity contribution in [1.29, 1.82) is 0 Å². The van der Waals surface area contributed by atoms with E-state index in [9.17, 15) is 9.18 Å². The lowest BCUT2D eigenvalue weighted by Gasteiger charge is -2.32. The van der Waals surface area contributed by atoms with Gasteiger partial charge < -0.3 is 4.90 Å². The van der Waals surface area contributed by atoms with Crippen molar-refractivity contribution in [1.82, 2.24) is 35.3 Å². The summed E-state index contributed by atoms with van der Waals surface area (Å²) in [5.74, 6) is 0.0113. The number of piperidine rings is 1. The summed E-state index contributed by atoms with van der Waals surface area (Å²) in [6.45, 7) is 1.87. The van der Waals surface area contributed by atoms with E-state index in [1.165, 1.54) is 18.5 Å². The number of aromatic nitrogens is 6. The largest absolute Gasteiger partial charge is 0.342 e. The molecule has 9 heteroatoms. The molecule has 0 unspecified atom stereocenters. The zero-order valence-corrected chi connectivity index (χ0v) is 14.8. The number of carbonyl (C=O) groups excluding carboxylic acids is 1. The quantitative estimate of drug-likeness (QED) is 0.743. The van der Waals surface area contributed by atoms with Crippen molar-refractivity contribution in [3.63, 3.8) is 0 Å². The Balaban J connectivity index is 1.45. The summed E-state index contributed by atoms with van der Waals surface area (Å²) in [6.07, 6.45) is 5.55. The molecule has 1 atom stereocenters. The third kappa shape index (κ3) is 3.86. The minimum Gasteiger partial charge on any atom is -0.342 e.